The topological polar surface area (TPSA) is 94.8 Å². The Morgan fingerprint density at radius 3 is 2.77 bits per heavy atom. The van der Waals surface area contributed by atoms with Gasteiger partial charge in [-0.1, -0.05) is 25.5 Å². The molecule has 3 fully saturated rings. The molecule has 5 heteroatoms. The van der Waals surface area contributed by atoms with Gasteiger partial charge in [0.25, 0.3) is 0 Å². The highest BCUT2D eigenvalue weighted by molar-refractivity contribution is 6.01. The number of aliphatic carboxylic acids is 1. The number of hydrogen-bond acceptors (Lipinski definition) is 4. The summed E-state index contributed by atoms with van der Waals surface area (Å²) in [6.45, 7) is 3.87. The molecule has 0 aromatic heterocycles. The largest absolute Gasteiger partial charge is 0.481 e. The predicted molar refractivity (Wildman–Crippen MR) is 95.1 cm³/mol. The first-order valence-corrected chi connectivity index (χ1v) is 9.70. The minimum atomic E-state index is -0.856. The van der Waals surface area contributed by atoms with Crippen molar-refractivity contribution in [3.05, 3.63) is 23.8 Å². The Balaban J connectivity index is 1.78. The van der Waals surface area contributed by atoms with E-state index in [4.69, 9.17) is 0 Å². The zero-order valence-electron chi connectivity index (χ0n) is 15.4. The van der Waals surface area contributed by atoms with E-state index in [1.54, 1.807) is 12.2 Å². The number of aliphatic hydroxyl groups is 2. The van der Waals surface area contributed by atoms with Crippen molar-refractivity contribution in [3.63, 3.8) is 0 Å². The molecule has 4 rings (SSSR count). The summed E-state index contributed by atoms with van der Waals surface area (Å²) in [5.74, 6) is -1.24. The van der Waals surface area contributed by atoms with Crippen molar-refractivity contribution < 1.29 is 24.9 Å². The number of rotatable bonds is 2. The fourth-order valence-electron chi connectivity index (χ4n) is 7.22. The lowest BCUT2D eigenvalue weighted by Crippen LogP contribution is -2.58. The van der Waals surface area contributed by atoms with Crippen LogP contribution in [0.3, 0.4) is 0 Å². The third kappa shape index (κ3) is 2.16. The van der Waals surface area contributed by atoms with E-state index in [-0.39, 0.29) is 41.5 Å². The molecule has 0 bridgehead atoms. The maximum Gasteiger partial charge on any atom is 0.307 e. The van der Waals surface area contributed by atoms with Gasteiger partial charge in [-0.25, -0.2) is 0 Å². The van der Waals surface area contributed by atoms with Gasteiger partial charge in [0.2, 0.25) is 0 Å². The highest BCUT2D eigenvalue weighted by Crippen LogP contribution is 2.67. The van der Waals surface area contributed by atoms with Gasteiger partial charge >= 0.3 is 5.97 Å². The number of ketones is 1. The third-order valence-corrected chi connectivity index (χ3v) is 8.14. The van der Waals surface area contributed by atoms with Gasteiger partial charge in [-0.05, 0) is 55.6 Å². The molecule has 4 aliphatic carbocycles. The van der Waals surface area contributed by atoms with Gasteiger partial charge in [0, 0.05) is 23.4 Å². The fraction of sp³-hybridized carbons (Fsp3) is 0.714. The average molecular weight is 360 g/mol. The van der Waals surface area contributed by atoms with E-state index in [0.717, 1.165) is 24.8 Å². The molecule has 26 heavy (non-hydrogen) atoms. The van der Waals surface area contributed by atoms with Crippen LogP contribution in [-0.4, -0.2) is 39.8 Å². The summed E-state index contributed by atoms with van der Waals surface area (Å²) in [6, 6.07) is 0. The number of carbonyl (C=O) groups is 2. The monoisotopic (exact) mass is 360 g/mol. The summed E-state index contributed by atoms with van der Waals surface area (Å²) < 4.78 is 0. The lowest BCUT2D eigenvalue weighted by molar-refractivity contribution is -0.165. The van der Waals surface area contributed by atoms with Crippen LogP contribution in [0.25, 0.3) is 0 Å². The smallest absolute Gasteiger partial charge is 0.307 e. The van der Waals surface area contributed by atoms with Gasteiger partial charge in [-0.3, -0.25) is 9.59 Å². The van der Waals surface area contributed by atoms with Crippen LogP contribution in [0.2, 0.25) is 0 Å². The van der Waals surface area contributed by atoms with Crippen molar-refractivity contribution >= 4 is 11.8 Å². The molecule has 0 saturated heterocycles. The van der Waals surface area contributed by atoms with Crippen LogP contribution >= 0.6 is 0 Å². The normalized spacial score (nSPS) is 49.8. The quantitative estimate of drug-likeness (QED) is 0.702. The number of carbonyl (C=O) groups excluding carboxylic acids is 1. The van der Waals surface area contributed by atoms with E-state index in [9.17, 15) is 24.9 Å². The molecule has 0 radical (unpaired) electrons. The van der Waals surface area contributed by atoms with E-state index in [2.05, 4.69) is 6.92 Å². The fourth-order valence-corrected chi connectivity index (χ4v) is 7.22. The first-order chi connectivity index (χ1) is 12.2. The van der Waals surface area contributed by atoms with Crippen molar-refractivity contribution in [2.24, 2.45) is 40.4 Å². The Morgan fingerprint density at radius 1 is 1.38 bits per heavy atom. The Kier molecular flexibility index (Phi) is 3.98. The minimum Gasteiger partial charge on any atom is -0.481 e. The molecule has 0 aromatic carbocycles. The van der Waals surface area contributed by atoms with Crippen LogP contribution in [0.5, 0.6) is 0 Å². The van der Waals surface area contributed by atoms with Crippen molar-refractivity contribution in [3.8, 4) is 0 Å². The van der Waals surface area contributed by atoms with E-state index in [1.807, 2.05) is 13.0 Å². The molecule has 0 amide bonds. The van der Waals surface area contributed by atoms with Crippen LogP contribution in [0.15, 0.2) is 23.8 Å². The molecular weight excluding hydrogens is 332 g/mol. The number of allylic oxidation sites excluding steroid dienone is 4. The first kappa shape index (κ1) is 17.9. The summed E-state index contributed by atoms with van der Waals surface area (Å²) in [6.07, 6.45) is 7.33. The summed E-state index contributed by atoms with van der Waals surface area (Å²) in [5.41, 5.74) is -0.0114. The molecule has 8 atom stereocenters. The van der Waals surface area contributed by atoms with Gasteiger partial charge in [0.05, 0.1) is 12.0 Å². The van der Waals surface area contributed by atoms with Crippen LogP contribution in [0, 0.1) is 40.4 Å². The number of carboxylic acid groups (broad SMARTS) is 1. The summed E-state index contributed by atoms with van der Waals surface area (Å²) >= 11 is 0. The summed E-state index contributed by atoms with van der Waals surface area (Å²) in [7, 11) is 0. The standard InChI is InChI=1S/C21H28O5/c1-11-7-15-14-4-3-12-8-13(23)5-6-20(12,2)18(14)16(24)9-21(15,10-22)17(11)19(25)26/h5-6,8,11,14-18,22,24H,3-4,7,9-10H2,1-2H3,(H,25,26)/t11-,14+,15?,16+,17-,18?,20+,21-/m1/s1. The van der Waals surface area contributed by atoms with Crippen molar-refractivity contribution in [1.29, 1.82) is 0 Å². The van der Waals surface area contributed by atoms with E-state index >= 15 is 0 Å². The Morgan fingerprint density at radius 2 is 2.12 bits per heavy atom. The molecule has 3 N–H and O–H groups in total. The second kappa shape index (κ2) is 5.77. The highest BCUT2D eigenvalue weighted by atomic mass is 16.4. The van der Waals surface area contributed by atoms with E-state index < -0.39 is 23.4 Å². The molecule has 0 aromatic rings. The van der Waals surface area contributed by atoms with E-state index in [0.29, 0.717) is 6.42 Å². The van der Waals surface area contributed by atoms with Crippen molar-refractivity contribution in [1.82, 2.24) is 0 Å². The number of fused-ring (bicyclic) bond motifs is 5. The van der Waals surface area contributed by atoms with Gasteiger partial charge in [-0.15, -0.1) is 0 Å². The Bertz CT molecular complexity index is 709. The van der Waals surface area contributed by atoms with Crippen LogP contribution in [0.4, 0.5) is 0 Å². The first-order valence-electron chi connectivity index (χ1n) is 9.70. The second-order valence-electron chi connectivity index (χ2n) is 9.21. The van der Waals surface area contributed by atoms with Gasteiger partial charge < -0.3 is 15.3 Å². The SMILES string of the molecule is C[C@@H]1CC2[C@@H]3CCC4=CC(=O)C=C[C@]4(C)C3[C@@H](O)C[C@]2(CO)[C@H]1C(=O)O. The second-order valence-corrected chi connectivity index (χ2v) is 9.21. The molecular formula is C21H28O5. The Hall–Kier alpha value is -1.46. The van der Waals surface area contributed by atoms with Crippen molar-refractivity contribution in [2.75, 3.05) is 6.61 Å². The molecule has 2 unspecified atom stereocenters. The number of carboxylic acids is 1. The molecule has 3 saturated carbocycles. The summed E-state index contributed by atoms with van der Waals surface area (Å²) in [5, 5.41) is 31.3. The minimum absolute atomic E-state index is 0.00589. The van der Waals surface area contributed by atoms with Crippen molar-refractivity contribution in [2.45, 2.75) is 45.6 Å². The number of hydrogen-bond donors (Lipinski definition) is 3. The maximum absolute atomic E-state index is 12.0. The van der Waals surface area contributed by atoms with Gasteiger partial charge in [0.15, 0.2) is 5.78 Å². The lowest BCUT2D eigenvalue weighted by atomic mass is 9.46. The zero-order chi connectivity index (χ0) is 18.9. The van der Waals surface area contributed by atoms with E-state index in [1.165, 1.54) is 0 Å². The average Bonchev–Trinajstić information content (AvgIpc) is 2.87. The Labute approximate surface area is 153 Å². The van der Waals surface area contributed by atoms with Gasteiger partial charge in [-0.2, -0.15) is 0 Å². The predicted octanol–water partition coefficient (Wildman–Crippen LogP) is 2.18. The van der Waals surface area contributed by atoms with Gasteiger partial charge in [0.1, 0.15) is 0 Å². The summed E-state index contributed by atoms with van der Waals surface area (Å²) in [4.78, 5) is 23.8. The molecule has 4 aliphatic rings. The van der Waals surface area contributed by atoms with Crippen LogP contribution in [0.1, 0.15) is 39.5 Å². The molecule has 0 spiro atoms. The molecule has 0 heterocycles. The number of aliphatic hydroxyl groups excluding tert-OH is 2. The lowest BCUT2D eigenvalue weighted by Gasteiger charge is -2.58. The molecule has 142 valence electrons. The third-order valence-electron chi connectivity index (χ3n) is 8.14. The maximum atomic E-state index is 12.0. The molecule has 5 nitrogen and oxygen atoms in total. The molecule has 0 aliphatic heterocycles. The van der Waals surface area contributed by atoms with Crippen LogP contribution in [-0.2, 0) is 9.59 Å². The van der Waals surface area contributed by atoms with Crippen LogP contribution < -0.4 is 0 Å². The highest BCUT2D eigenvalue weighted by Gasteiger charge is 2.66. The zero-order valence-corrected chi connectivity index (χ0v) is 15.4.